The van der Waals surface area contributed by atoms with Gasteiger partial charge in [0.15, 0.2) is 0 Å². The van der Waals surface area contributed by atoms with Gasteiger partial charge in [-0.2, -0.15) is 0 Å². The maximum Gasteiger partial charge on any atom is 0.119 e. The molecular weight excluding hydrogens is 272 g/mol. The normalized spacial score (nSPS) is 21.9. The third-order valence-electron chi connectivity index (χ3n) is 5.07. The molecule has 2 heteroatoms. The predicted octanol–water partition coefficient (Wildman–Crippen LogP) is 6.07. The van der Waals surface area contributed by atoms with Gasteiger partial charge in [0.1, 0.15) is 6.29 Å². The molecule has 0 amide bonds. The van der Waals surface area contributed by atoms with E-state index in [0.29, 0.717) is 6.10 Å². The fourth-order valence-electron chi connectivity index (χ4n) is 3.67. The van der Waals surface area contributed by atoms with Gasteiger partial charge in [0.2, 0.25) is 0 Å². The smallest absolute Gasteiger partial charge is 0.119 e. The Morgan fingerprint density at radius 1 is 0.909 bits per heavy atom. The molecule has 0 aromatic rings. The lowest BCUT2D eigenvalue weighted by molar-refractivity contribution is -0.107. The Kier molecular flexibility index (Phi) is 12.7. The Labute approximate surface area is 138 Å². The Morgan fingerprint density at radius 3 is 2.36 bits per heavy atom. The first-order chi connectivity index (χ1) is 10.9. The summed E-state index contributed by atoms with van der Waals surface area (Å²) < 4.78 is 6.07. The van der Waals surface area contributed by atoms with Crippen LogP contribution >= 0.6 is 0 Å². The average molecular weight is 311 g/mol. The topological polar surface area (TPSA) is 26.3 Å². The van der Waals surface area contributed by atoms with Gasteiger partial charge in [-0.15, -0.1) is 0 Å². The second kappa shape index (κ2) is 14.2. The minimum absolute atomic E-state index is 0.537. The summed E-state index contributed by atoms with van der Waals surface area (Å²) in [5, 5.41) is 0. The lowest BCUT2D eigenvalue weighted by atomic mass is 9.86. The van der Waals surface area contributed by atoms with Gasteiger partial charge < -0.3 is 9.53 Å². The summed E-state index contributed by atoms with van der Waals surface area (Å²) in [7, 11) is 0. The van der Waals surface area contributed by atoms with Gasteiger partial charge in [-0.3, -0.25) is 0 Å². The predicted molar refractivity (Wildman–Crippen MR) is 94.2 cm³/mol. The third kappa shape index (κ3) is 9.61. The average Bonchev–Trinajstić information content (AvgIpc) is 2.55. The summed E-state index contributed by atoms with van der Waals surface area (Å²) in [6, 6.07) is 0. The van der Waals surface area contributed by atoms with Crippen molar-refractivity contribution in [2.75, 3.05) is 6.61 Å². The van der Waals surface area contributed by atoms with E-state index in [9.17, 15) is 4.79 Å². The molecule has 1 fully saturated rings. The Balaban J connectivity index is 2.07. The minimum atomic E-state index is 0.537. The molecule has 1 heterocycles. The molecule has 0 aliphatic carbocycles. The van der Waals surface area contributed by atoms with E-state index in [1.54, 1.807) is 0 Å². The van der Waals surface area contributed by atoms with E-state index in [1.807, 2.05) is 0 Å². The Bertz CT molecular complexity index is 252. The Hall–Kier alpha value is -0.370. The van der Waals surface area contributed by atoms with E-state index in [-0.39, 0.29) is 0 Å². The van der Waals surface area contributed by atoms with Crippen LogP contribution in [0.4, 0.5) is 0 Å². The van der Waals surface area contributed by atoms with Crippen molar-refractivity contribution in [1.82, 2.24) is 0 Å². The summed E-state index contributed by atoms with van der Waals surface area (Å²) in [5.74, 6) is 0.801. The standard InChI is InChI=1S/C20H38O2/c1-2-3-4-5-8-11-16-20-19(15-13-18-22-20)14-10-7-6-9-12-17-21/h17,19-20H,2-16,18H2,1H3/t19-,20+/m0/s1. The number of rotatable bonds is 14. The number of hydrogen-bond donors (Lipinski definition) is 0. The number of aldehydes is 1. The van der Waals surface area contributed by atoms with Crippen LogP contribution in [-0.2, 0) is 9.53 Å². The van der Waals surface area contributed by atoms with E-state index in [2.05, 4.69) is 6.92 Å². The van der Waals surface area contributed by atoms with Gasteiger partial charge in [-0.25, -0.2) is 0 Å². The van der Waals surface area contributed by atoms with Crippen molar-refractivity contribution in [3.05, 3.63) is 0 Å². The first-order valence-corrected chi connectivity index (χ1v) is 9.93. The molecule has 130 valence electrons. The fourth-order valence-corrected chi connectivity index (χ4v) is 3.67. The summed E-state index contributed by atoms with van der Waals surface area (Å²) in [5.41, 5.74) is 0. The summed E-state index contributed by atoms with van der Waals surface area (Å²) >= 11 is 0. The third-order valence-corrected chi connectivity index (χ3v) is 5.07. The first-order valence-electron chi connectivity index (χ1n) is 9.93. The highest BCUT2D eigenvalue weighted by Gasteiger charge is 2.24. The largest absolute Gasteiger partial charge is 0.378 e. The SMILES string of the molecule is CCCCCCCC[C@H]1OCCC[C@@H]1CCCCCCC=O. The fraction of sp³-hybridized carbons (Fsp3) is 0.950. The molecule has 0 aromatic heterocycles. The molecule has 0 bridgehead atoms. The number of carbonyl (C=O) groups excluding carboxylic acids is 1. The van der Waals surface area contributed by atoms with Gasteiger partial charge in [-0.1, -0.05) is 64.7 Å². The molecule has 1 aliphatic rings. The summed E-state index contributed by atoms with van der Waals surface area (Å²) in [6.07, 6.45) is 20.7. The molecule has 0 saturated carbocycles. The molecule has 0 N–H and O–H groups in total. The monoisotopic (exact) mass is 310 g/mol. The molecule has 0 spiro atoms. The zero-order valence-electron chi connectivity index (χ0n) is 14.9. The van der Waals surface area contributed by atoms with Crippen LogP contribution in [0.2, 0.25) is 0 Å². The lowest BCUT2D eigenvalue weighted by Gasteiger charge is -2.32. The van der Waals surface area contributed by atoms with Crippen LogP contribution in [0.25, 0.3) is 0 Å². The van der Waals surface area contributed by atoms with Crippen LogP contribution in [0.15, 0.2) is 0 Å². The zero-order chi connectivity index (χ0) is 15.9. The summed E-state index contributed by atoms with van der Waals surface area (Å²) in [6.45, 7) is 3.26. The molecule has 0 radical (unpaired) electrons. The van der Waals surface area contributed by atoms with Crippen LogP contribution in [0.5, 0.6) is 0 Å². The number of unbranched alkanes of at least 4 members (excludes halogenated alkanes) is 9. The zero-order valence-corrected chi connectivity index (χ0v) is 14.9. The van der Waals surface area contributed by atoms with Crippen LogP contribution in [-0.4, -0.2) is 19.0 Å². The highest BCUT2D eigenvalue weighted by atomic mass is 16.5. The van der Waals surface area contributed by atoms with E-state index in [1.165, 1.54) is 83.5 Å². The van der Waals surface area contributed by atoms with Crippen molar-refractivity contribution in [2.24, 2.45) is 5.92 Å². The molecule has 1 rings (SSSR count). The molecule has 1 aliphatic heterocycles. The van der Waals surface area contributed by atoms with Gasteiger partial charge in [0, 0.05) is 13.0 Å². The minimum Gasteiger partial charge on any atom is -0.378 e. The second-order valence-corrected chi connectivity index (χ2v) is 7.03. The van der Waals surface area contributed by atoms with Crippen molar-refractivity contribution in [3.8, 4) is 0 Å². The van der Waals surface area contributed by atoms with Gasteiger partial charge in [0.05, 0.1) is 6.10 Å². The molecular formula is C20H38O2. The molecule has 2 atom stereocenters. The molecule has 1 saturated heterocycles. The molecule has 2 nitrogen and oxygen atoms in total. The quantitative estimate of drug-likeness (QED) is 0.287. The van der Waals surface area contributed by atoms with Crippen molar-refractivity contribution < 1.29 is 9.53 Å². The number of carbonyl (C=O) groups is 1. The van der Waals surface area contributed by atoms with E-state index >= 15 is 0 Å². The van der Waals surface area contributed by atoms with Crippen molar-refractivity contribution in [2.45, 2.75) is 109 Å². The van der Waals surface area contributed by atoms with Gasteiger partial charge >= 0.3 is 0 Å². The van der Waals surface area contributed by atoms with Crippen molar-refractivity contribution >= 4 is 6.29 Å². The van der Waals surface area contributed by atoms with Crippen LogP contribution in [0, 0.1) is 5.92 Å². The first kappa shape index (κ1) is 19.7. The highest BCUT2D eigenvalue weighted by Crippen LogP contribution is 2.29. The highest BCUT2D eigenvalue weighted by molar-refractivity contribution is 5.48. The maximum atomic E-state index is 10.3. The summed E-state index contributed by atoms with van der Waals surface area (Å²) in [4.78, 5) is 10.3. The van der Waals surface area contributed by atoms with E-state index < -0.39 is 0 Å². The lowest BCUT2D eigenvalue weighted by Crippen LogP contribution is -2.29. The van der Waals surface area contributed by atoms with Gasteiger partial charge in [0.25, 0.3) is 0 Å². The maximum absolute atomic E-state index is 10.3. The number of ether oxygens (including phenoxy) is 1. The molecule has 0 unspecified atom stereocenters. The molecule has 22 heavy (non-hydrogen) atoms. The second-order valence-electron chi connectivity index (χ2n) is 7.03. The van der Waals surface area contributed by atoms with Crippen LogP contribution in [0.1, 0.15) is 103 Å². The van der Waals surface area contributed by atoms with E-state index in [4.69, 9.17) is 4.74 Å². The van der Waals surface area contributed by atoms with Crippen LogP contribution in [0.3, 0.4) is 0 Å². The molecule has 0 aromatic carbocycles. The van der Waals surface area contributed by atoms with E-state index in [0.717, 1.165) is 31.7 Å². The Morgan fingerprint density at radius 2 is 1.59 bits per heavy atom. The number of hydrogen-bond acceptors (Lipinski definition) is 2. The van der Waals surface area contributed by atoms with Crippen LogP contribution < -0.4 is 0 Å². The van der Waals surface area contributed by atoms with Crippen molar-refractivity contribution in [1.29, 1.82) is 0 Å². The van der Waals surface area contributed by atoms with Gasteiger partial charge in [-0.05, 0) is 38.0 Å². The van der Waals surface area contributed by atoms with Crippen molar-refractivity contribution in [3.63, 3.8) is 0 Å².